The summed E-state index contributed by atoms with van der Waals surface area (Å²) in [7, 11) is 0. The molecule has 0 aliphatic carbocycles. The predicted octanol–water partition coefficient (Wildman–Crippen LogP) is 5.21. The zero-order valence-electron chi connectivity index (χ0n) is 20.1. The SMILES string of the molecule is Cc1cc(C(C#N)c2ccc(Cl)cc2)c(Cl)cc1Nc1ncnc(NCCCN2CCOCC2)c1N. The highest BCUT2D eigenvalue weighted by Crippen LogP contribution is 2.36. The van der Waals surface area contributed by atoms with Crippen molar-refractivity contribution in [3.8, 4) is 6.07 Å². The first-order valence-corrected chi connectivity index (χ1v) is 12.6. The van der Waals surface area contributed by atoms with E-state index in [0.717, 1.165) is 68.2 Å². The van der Waals surface area contributed by atoms with Crippen LogP contribution >= 0.6 is 23.2 Å². The number of hydrogen-bond donors (Lipinski definition) is 3. The summed E-state index contributed by atoms with van der Waals surface area (Å²) in [5, 5.41) is 17.5. The molecule has 2 heterocycles. The van der Waals surface area contributed by atoms with E-state index in [0.29, 0.717) is 27.4 Å². The molecule has 10 heteroatoms. The van der Waals surface area contributed by atoms with Gasteiger partial charge in [-0.25, -0.2) is 9.97 Å². The number of ether oxygens (including phenoxy) is 1. The lowest BCUT2D eigenvalue weighted by Gasteiger charge is -2.26. The summed E-state index contributed by atoms with van der Waals surface area (Å²) in [6.45, 7) is 7.22. The largest absolute Gasteiger partial charge is 0.393 e. The van der Waals surface area contributed by atoms with Crippen molar-refractivity contribution in [2.24, 2.45) is 0 Å². The summed E-state index contributed by atoms with van der Waals surface area (Å²) in [5.74, 6) is 0.559. The molecule has 1 atom stereocenters. The number of halogens is 2. The predicted molar refractivity (Wildman–Crippen MR) is 145 cm³/mol. The van der Waals surface area contributed by atoms with E-state index < -0.39 is 5.92 Å². The number of rotatable bonds is 9. The summed E-state index contributed by atoms with van der Waals surface area (Å²) < 4.78 is 5.39. The van der Waals surface area contributed by atoms with Gasteiger partial charge in [0, 0.05) is 35.4 Å². The number of nitrogen functional groups attached to an aromatic ring is 1. The minimum absolute atomic E-state index is 0.430. The van der Waals surface area contributed by atoms with Crippen LogP contribution in [0.1, 0.15) is 29.0 Å². The van der Waals surface area contributed by atoms with Crippen molar-refractivity contribution in [1.82, 2.24) is 14.9 Å². The molecule has 4 N–H and O–H groups in total. The lowest BCUT2D eigenvalue weighted by atomic mass is 9.91. The molecule has 3 aromatic rings. The molecule has 1 fully saturated rings. The van der Waals surface area contributed by atoms with Gasteiger partial charge < -0.3 is 21.1 Å². The van der Waals surface area contributed by atoms with Gasteiger partial charge in [-0.05, 0) is 54.8 Å². The van der Waals surface area contributed by atoms with Gasteiger partial charge in [0.1, 0.15) is 12.0 Å². The van der Waals surface area contributed by atoms with E-state index in [1.807, 2.05) is 25.1 Å². The van der Waals surface area contributed by atoms with Gasteiger partial charge in [-0.1, -0.05) is 41.4 Å². The molecular weight excluding hydrogens is 497 g/mol. The molecule has 1 aliphatic rings. The molecule has 4 rings (SSSR count). The van der Waals surface area contributed by atoms with E-state index in [4.69, 9.17) is 33.7 Å². The van der Waals surface area contributed by atoms with Gasteiger partial charge in [0.25, 0.3) is 0 Å². The van der Waals surface area contributed by atoms with E-state index in [1.165, 1.54) is 6.33 Å². The van der Waals surface area contributed by atoms with Crippen LogP contribution in [0.5, 0.6) is 0 Å². The summed E-state index contributed by atoms with van der Waals surface area (Å²) in [4.78, 5) is 11.0. The first-order valence-electron chi connectivity index (χ1n) is 11.8. The van der Waals surface area contributed by atoms with Crippen LogP contribution in [-0.2, 0) is 4.74 Å². The Bertz CT molecular complexity index is 1220. The van der Waals surface area contributed by atoms with E-state index in [1.54, 1.807) is 18.2 Å². The number of aryl methyl sites for hydroxylation is 1. The maximum atomic E-state index is 9.85. The van der Waals surface area contributed by atoms with Gasteiger partial charge in [0.15, 0.2) is 11.6 Å². The molecular formula is C26H29Cl2N7O. The molecule has 1 aliphatic heterocycles. The van der Waals surface area contributed by atoms with Crippen LogP contribution in [0.25, 0.3) is 0 Å². The van der Waals surface area contributed by atoms with Crippen molar-refractivity contribution >= 4 is 46.2 Å². The van der Waals surface area contributed by atoms with Crippen molar-refractivity contribution in [3.63, 3.8) is 0 Å². The second-order valence-corrected chi connectivity index (χ2v) is 9.49. The number of hydrogen-bond acceptors (Lipinski definition) is 8. The highest BCUT2D eigenvalue weighted by atomic mass is 35.5. The van der Waals surface area contributed by atoms with Crippen LogP contribution in [0.4, 0.5) is 23.0 Å². The summed E-state index contributed by atoms with van der Waals surface area (Å²) in [6, 6.07) is 13.3. The third-order valence-corrected chi connectivity index (χ3v) is 6.75. The van der Waals surface area contributed by atoms with Gasteiger partial charge in [0.2, 0.25) is 0 Å². The molecule has 0 radical (unpaired) electrons. The summed E-state index contributed by atoms with van der Waals surface area (Å²) in [5.41, 5.74) is 10.0. The molecule has 1 saturated heterocycles. The van der Waals surface area contributed by atoms with Crippen molar-refractivity contribution < 1.29 is 4.74 Å². The van der Waals surface area contributed by atoms with Crippen LogP contribution < -0.4 is 16.4 Å². The van der Waals surface area contributed by atoms with E-state index in [9.17, 15) is 5.26 Å². The monoisotopic (exact) mass is 525 g/mol. The number of nitrogens with one attached hydrogen (secondary N) is 2. The van der Waals surface area contributed by atoms with Crippen LogP contribution in [0.2, 0.25) is 10.0 Å². The Hall–Kier alpha value is -3.09. The third kappa shape index (κ3) is 6.37. The van der Waals surface area contributed by atoms with Gasteiger partial charge in [-0.3, -0.25) is 4.90 Å². The van der Waals surface area contributed by atoms with Gasteiger partial charge >= 0.3 is 0 Å². The quantitative estimate of drug-likeness (QED) is 0.326. The molecule has 0 saturated carbocycles. The maximum absolute atomic E-state index is 9.85. The second-order valence-electron chi connectivity index (χ2n) is 8.65. The highest BCUT2D eigenvalue weighted by Gasteiger charge is 2.19. The minimum Gasteiger partial charge on any atom is -0.393 e. The zero-order chi connectivity index (χ0) is 25.5. The Morgan fingerprint density at radius 3 is 2.58 bits per heavy atom. The number of nitriles is 1. The van der Waals surface area contributed by atoms with E-state index >= 15 is 0 Å². The van der Waals surface area contributed by atoms with Crippen molar-refractivity contribution in [3.05, 3.63) is 69.5 Å². The first kappa shape index (κ1) is 26.0. The van der Waals surface area contributed by atoms with Crippen LogP contribution in [-0.4, -0.2) is 54.3 Å². The Morgan fingerprint density at radius 1 is 1.14 bits per heavy atom. The average molecular weight is 526 g/mol. The Morgan fingerprint density at radius 2 is 1.86 bits per heavy atom. The first-order chi connectivity index (χ1) is 17.5. The van der Waals surface area contributed by atoms with Crippen LogP contribution in [0.3, 0.4) is 0 Å². The normalized spacial score (nSPS) is 14.7. The smallest absolute Gasteiger partial charge is 0.159 e. The van der Waals surface area contributed by atoms with Gasteiger partial charge in [-0.2, -0.15) is 5.26 Å². The fourth-order valence-electron chi connectivity index (χ4n) is 4.14. The second kappa shape index (κ2) is 12.2. The fraction of sp³-hybridized carbons (Fsp3) is 0.346. The number of aromatic nitrogens is 2. The lowest BCUT2D eigenvalue weighted by molar-refractivity contribution is 0.0378. The minimum atomic E-state index is -0.514. The van der Waals surface area contributed by atoms with Crippen LogP contribution in [0.15, 0.2) is 42.7 Å². The Kier molecular flexibility index (Phi) is 8.83. The third-order valence-electron chi connectivity index (χ3n) is 6.17. The fourth-order valence-corrected chi connectivity index (χ4v) is 4.54. The molecule has 0 spiro atoms. The maximum Gasteiger partial charge on any atom is 0.159 e. The van der Waals surface area contributed by atoms with Gasteiger partial charge in [0.05, 0.1) is 25.2 Å². The van der Waals surface area contributed by atoms with Crippen molar-refractivity contribution in [2.45, 2.75) is 19.3 Å². The number of nitrogens with two attached hydrogens (primary N) is 1. The molecule has 188 valence electrons. The average Bonchev–Trinajstić information content (AvgIpc) is 2.88. The van der Waals surface area contributed by atoms with E-state index in [2.05, 4.69) is 31.6 Å². The number of morpholine rings is 1. The highest BCUT2D eigenvalue weighted by molar-refractivity contribution is 6.32. The Balaban J connectivity index is 1.44. The molecule has 1 aromatic heterocycles. The summed E-state index contributed by atoms with van der Waals surface area (Å²) >= 11 is 12.6. The molecule has 0 bridgehead atoms. The molecule has 2 aromatic carbocycles. The molecule has 1 unspecified atom stereocenters. The number of anilines is 4. The topological polar surface area (TPSA) is 112 Å². The number of benzene rings is 2. The standard InChI is InChI=1S/C26H29Cl2N7O/c1-17-13-20(21(15-29)18-3-5-19(27)6-4-18)22(28)14-23(17)34-26-24(30)25(32-16-33-26)31-7-2-8-35-9-11-36-12-10-35/h3-6,13-14,16,21H,2,7-12,30H2,1H3,(H2,31,32,33,34). The zero-order valence-corrected chi connectivity index (χ0v) is 21.6. The van der Waals surface area contributed by atoms with Crippen LogP contribution in [0, 0.1) is 18.3 Å². The molecule has 0 amide bonds. The lowest BCUT2D eigenvalue weighted by Crippen LogP contribution is -2.37. The molecule has 8 nitrogen and oxygen atoms in total. The van der Waals surface area contributed by atoms with Gasteiger partial charge in [-0.15, -0.1) is 0 Å². The Labute approximate surface area is 221 Å². The summed E-state index contributed by atoms with van der Waals surface area (Å²) in [6.07, 6.45) is 2.44. The van der Waals surface area contributed by atoms with Crippen molar-refractivity contribution in [1.29, 1.82) is 5.26 Å². The van der Waals surface area contributed by atoms with E-state index in [-0.39, 0.29) is 0 Å². The number of nitrogens with zero attached hydrogens (tertiary/aromatic N) is 4. The molecule has 36 heavy (non-hydrogen) atoms. The van der Waals surface area contributed by atoms with Crippen molar-refractivity contribution in [2.75, 3.05) is 55.8 Å².